The van der Waals surface area contributed by atoms with E-state index in [1.54, 1.807) is 12.1 Å². The van der Waals surface area contributed by atoms with Crippen LogP contribution in [0.15, 0.2) is 77.4 Å². The van der Waals surface area contributed by atoms with Crippen molar-refractivity contribution >= 4 is 23.2 Å². The minimum absolute atomic E-state index is 0.175. The summed E-state index contributed by atoms with van der Waals surface area (Å²) in [6, 6.07) is 20.4. The summed E-state index contributed by atoms with van der Waals surface area (Å²) in [5.41, 5.74) is 2.70. The Morgan fingerprint density at radius 3 is 2.28 bits per heavy atom. The smallest absolute Gasteiger partial charge is 0.287 e. The van der Waals surface area contributed by atoms with E-state index in [2.05, 4.69) is 16.0 Å². The van der Waals surface area contributed by atoms with Gasteiger partial charge in [-0.2, -0.15) is 0 Å². The lowest BCUT2D eigenvalue weighted by Gasteiger charge is -2.24. The maximum atomic E-state index is 13.1. The fraction of sp³-hybridized carbons (Fsp3) is 0.308. The van der Waals surface area contributed by atoms with Gasteiger partial charge in [0.2, 0.25) is 5.91 Å². The fourth-order valence-electron chi connectivity index (χ4n) is 4.06. The topological polar surface area (TPSA) is 83.4 Å². The zero-order valence-electron chi connectivity index (χ0n) is 18.1. The molecule has 1 saturated carbocycles. The molecule has 0 aliphatic heterocycles. The van der Waals surface area contributed by atoms with E-state index in [9.17, 15) is 9.59 Å². The van der Waals surface area contributed by atoms with Crippen LogP contribution in [0, 0.1) is 0 Å². The Labute approximate surface area is 188 Å². The molecule has 3 aromatic rings. The highest BCUT2D eigenvalue weighted by atomic mass is 16.3. The minimum atomic E-state index is -0.741. The van der Waals surface area contributed by atoms with Crippen molar-refractivity contribution < 1.29 is 14.0 Å². The first-order valence-corrected chi connectivity index (χ1v) is 11.2. The molecule has 1 fully saturated rings. The Bertz CT molecular complexity index is 995. The number of carbonyl (C=O) groups excluding carboxylic acids is 2. The SMILES string of the molecule is O=C(NC(Cc1ccccc1)C(=O)Nc1ccc(NC2CCCCC2)cc1)c1ccco1. The van der Waals surface area contributed by atoms with Gasteiger partial charge in [-0.05, 0) is 54.8 Å². The number of hydrogen-bond donors (Lipinski definition) is 3. The van der Waals surface area contributed by atoms with E-state index in [0.29, 0.717) is 18.2 Å². The van der Waals surface area contributed by atoms with Gasteiger partial charge < -0.3 is 20.4 Å². The summed E-state index contributed by atoms with van der Waals surface area (Å²) in [4.78, 5) is 25.6. The number of hydrogen-bond acceptors (Lipinski definition) is 4. The fourth-order valence-corrected chi connectivity index (χ4v) is 4.06. The molecule has 1 aliphatic carbocycles. The quantitative estimate of drug-likeness (QED) is 0.468. The maximum Gasteiger partial charge on any atom is 0.287 e. The van der Waals surface area contributed by atoms with Crippen LogP contribution in [0.2, 0.25) is 0 Å². The van der Waals surface area contributed by atoms with Crippen LogP contribution in [0.25, 0.3) is 0 Å². The lowest BCUT2D eigenvalue weighted by Crippen LogP contribution is -2.45. The molecule has 2 aromatic carbocycles. The summed E-state index contributed by atoms with van der Waals surface area (Å²) in [5.74, 6) is -0.520. The molecular formula is C26H29N3O3. The molecule has 1 unspecified atom stereocenters. The van der Waals surface area contributed by atoms with E-state index in [4.69, 9.17) is 4.42 Å². The minimum Gasteiger partial charge on any atom is -0.459 e. The van der Waals surface area contributed by atoms with Crippen molar-refractivity contribution in [3.8, 4) is 0 Å². The summed E-state index contributed by atoms with van der Waals surface area (Å²) in [7, 11) is 0. The second kappa shape index (κ2) is 10.7. The normalized spacial score (nSPS) is 15.0. The second-order valence-electron chi connectivity index (χ2n) is 8.24. The van der Waals surface area contributed by atoms with Crippen molar-refractivity contribution in [2.45, 2.75) is 50.6 Å². The number of amides is 2. The summed E-state index contributed by atoms with van der Waals surface area (Å²) in [6.45, 7) is 0. The third-order valence-corrected chi connectivity index (χ3v) is 5.78. The van der Waals surface area contributed by atoms with Gasteiger partial charge in [-0.15, -0.1) is 0 Å². The molecule has 2 amide bonds. The molecule has 0 bridgehead atoms. The van der Waals surface area contributed by atoms with Gasteiger partial charge in [-0.3, -0.25) is 9.59 Å². The molecule has 166 valence electrons. The highest BCUT2D eigenvalue weighted by Gasteiger charge is 2.23. The average Bonchev–Trinajstić information content (AvgIpc) is 3.36. The molecule has 1 aliphatic rings. The van der Waals surface area contributed by atoms with Gasteiger partial charge in [-0.1, -0.05) is 49.6 Å². The van der Waals surface area contributed by atoms with Gasteiger partial charge in [0.15, 0.2) is 5.76 Å². The highest BCUT2D eigenvalue weighted by Crippen LogP contribution is 2.22. The van der Waals surface area contributed by atoms with E-state index in [1.165, 1.54) is 38.4 Å². The highest BCUT2D eigenvalue weighted by molar-refractivity contribution is 6.00. The molecule has 6 heteroatoms. The Morgan fingerprint density at radius 1 is 0.875 bits per heavy atom. The summed E-state index contributed by atoms with van der Waals surface area (Å²) >= 11 is 0. The van der Waals surface area contributed by atoms with Crippen LogP contribution < -0.4 is 16.0 Å². The van der Waals surface area contributed by atoms with E-state index in [-0.39, 0.29) is 11.7 Å². The number of nitrogens with one attached hydrogen (secondary N) is 3. The zero-order valence-corrected chi connectivity index (χ0v) is 18.1. The second-order valence-corrected chi connectivity index (χ2v) is 8.24. The van der Waals surface area contributed by atoms with Crippen molar-refractivity contribution in [1.82, 2.24) is 5.32 Å². The van der Waals surface area contributed by atoms with Gasteiger partial charge in [0.25, 0.3) is 5.91 Å². The van der Waals surface area contributed by atoms with Crippen LogP contribution in [0.5, 0.6) is 0 Å². The largest absolute Gasteiger partial charge is 0.459 e. The number of carbonyl (C=O) groups is 2. The Kier molecular flexibility index (Phi) is 7.23. The molecular weight excluding hydrogens is 402 g/mol. The first-order valence-electron chi connectivity index (χ1n) is 11.2. The molecule has 3 N–H and O–H groups in total. The lowest BCUT2D eigenvalue weighted by molar-refractivity contribution is -0.118. The van der Waals surface area contributed by atoms with E-state index >= 15 is 0 Å². The van der Waals surface area contributed by atoms with E-state index in [0.717, 1.165) is 11.3 Å². The third-order valence-electron chi connectivity index (χ3n) is 5.78. The van der Waals surface area contributed by atoms with Crippen molar-refractivity contribution in [3.63, 3.8) is 0 Å². The number of benzene rings is 2. The standard InChI is InChI=1S/C26H29N3O3/c30-25(28-22-15-13-21(14-16-22)27-20-10-5-2-6-11-20)23(18-19-8-3-1-4-9-19)29-26(31)24-12-7-17-32-24/h1,3-4,7-9,12-17,20,23,27H,2,5-6,10-11,18H2,(H,28,30)(H,29,31). The average molecular weight is 432 g/mol. The van der Waals surface area contributed by atoms with E-state index in [1.807, 2.05) is 54.6 Å². The molecule has 1 heterocycles. The van der Waals surface area contributed by atoms with Crippen LogP contribution in [-0.2, 0) is 11.2 Å². The maximum absolute atomic E-state index is 13.1. The molecule has 0 radical (unpaired) electrons. The molecule has 0 spiro atoms. The number of anilines is 2. The van der Waals surface area contributed by atoms with Crippen molar-refractivity contribution in [3.05, 3.63) is 84.3 Å². The zero-order chi connectivity index (χ0) is 22.2. The molecule has 0 saturated heterocycles. The van der Waals surface area contributed by atoms with Gasteiger partial charge in [0, 0.05) is 23.8 Å². The van der Waals surface area contributed by atoms with Crippen LogP contribution >= 0.6 is 0 Å². The molecule has 1 atom stereocenters. The van der Waals surface area contributed by atoms with Crippen LogP contribution in [0.1, 0.15) is 48.2 Å². The molecule has 32 heavy (non-hydrogen) atoms. The van der Waals surface area contributed by atoms with Gasteiger partial charge >= 0.3 is 0 Å². The van der Waals surface area contributed by atoms with Crippen LogP contribution in [-0.4, -0.2) is 23.9 Å². The monoisotopic (exact) mass is 431 g/mol. The molecule has 4 rings (SSSR count). The van der Waals surface area contributed by atoms with Crippen LogP contribution in [0.4, 0.5) is 11.4 Å². The number of furan rings is 1. The van der Waals surface area contributed by atoms with Crippen LogP contribution in [0.3, 0.4) is 0 Å². The predicted molar refractivity (Wildman–Crippen MR) is 126 cm³/mol. The van der Waals surface area contributed by atoms with Crippen molar-refractivity contribution in [1.29, 1.82) is 0 Å². The third kappa shape index (κ3) is 6.00. The van der Waals surface area contributed by atoms with Gasteiger partial charge in [-0.25, -0.2) is 0 Å². The molecule has 1 aromatic heterocycles. The van der Waals surface area contributed by atoms with Crippen molar-refractivity contribution in [2.75, 3.05) is 10.6 Å². The number of rotatable bonds is 8. The lowest BCUT2D eigenvalue weighted by atomic mass is 9.95. The first kappa shape index (κ1) is 21.7. The molecule has 6 nitrogen and oxygen atoms in total. The van der Waals surface area contributed by atoms with E-state index < -0.39 is 11.9 Å². The summed E-state index contributed by atoms with van der Waals surface area (Å²) in [5, 5.41) is 9.31. The van der Waals surface area contributed by atoms with Gasteiger partial charge in [0.05, 0.1) is 6.26 Å². The van der Waals surface area contributed by atoms with Crippen molar-refractivity contribution in [2.24, 2.45) is 0 Å². The predicted octanol–water partition coefficient (Wildman–Crippen LogP) is 5.00. The Hall–Kier alpha value is -3.54. The first-order chi connectivity index (χ1) is 15.7. The Balaban J connectivity index is 1.41. The summed E-state index contributed by atoms with van der Waals surface area (Å²) < 4.78 is 5.17. The summed E-state index contributed by atoms with van der Waals surface area (Å²) in [6.07, 6.45) is 8.09. The Morgan fingerprint density at radius 2 is 1.59 bits per heavy atom. The van der Waals surface area contributed by atoms with Gasteiger partial charge in [0.1, 0.15) is 6.04 Å².